The van der Waals surface area contributed by atoms with Crippen molar-refractivity contribution in [2.45, 2.75) is 26.6 Å². The number of benzene rings is 1. The minimum Gasteiger partial charge on any atom is -0.379 e. The lowest BCUT2D eigenvalue weighted by Gasteiger charge is -2.12. The summed E-state index contributed by atoms with van der Waals surface area (Å²) >= 11 is 1.70. The number of nitrogens with one attached hydrogen (secondary N) is 2. The van der Waals surface area contributed by atoms with E-state index in [1.807, 2.05) is 6.92 Å². The first-order chi connectivity index (χ1) is 12.3. The molecule has 0 aliphatic carbocycles. The molecular weight excluding hydrogens is 334 g/mol. The summed E-state index contributed by atoms with van der Waals surface area (Å²) in [6.45, 7) is 6.07. The maximum atomic E-state index is 5.62. The highest BCUT2D eigenvalue weighted by molar-refractivity contribution is 7.07. The van der Waals surface area contributed by atoms with E-state index in [4.69, 9.17) is 9.47 Å². The third-order valence-electron chi connectivity index (χ3n) is 3.56. The monoisotopic (exact) mass is 361 g/mol. The highest BCUT2D eigenvalue weighted by Crippen LogP contribution is 2.07. The molecule has 1 aromatic carbocycles. The Balaban J connectivity index is 1.74. The van der Waals surface area contributed by atoms with Crippen molar-refractivity contribution in [1.29, 1.82) is 0 Å². The summed E-state index contributed by atoms with van der Waals surface area (Å²) in [5.74, 6) is 0.796. The lowest BCUT2D eigenvalue weighted by Crippen LogP contribution is -2.36. The summed E-state index contributed by atoms with van der Waals surface area (Å²) in [5, 5.41) is 10.9. The van der Waals surface area contributed by atoms with Crippen LogP contribution in [-0.2, 0) is 29.2 Å². The van der Waals surface area contributed by atoms with Crippen LogP contribution in [0.5, 0.6) is 0 Å². The van der Waals surface area contributed by atoms with Gasteiger partial charge in [-0.25, -0.2) is 0 Å². The van der Waals surface area contributed by atoms with Crippen molar-refractivity contribution >= 4 is 17.3 Å². The summed E-state index contributed by atoms with van der Waals surface area (Å²) in [4.78, 5) is 4.26. The number of hydrogen-bond acceptors (Lipinski definition) is 4. The lowest BCUT2D eigenvalue weighted by atomic mass is 10.1. The molecule has 2 aromatic rings. The van der Waals surface area contributed by atoms with E-state index >= 15 is 0 Å². The zero-order valence-corrected chi connectivity index (χ0v) is 15.8. The van der Waals surface area contributed by atoms with Gasteiger partial charge in [0.15, 0.2) is 5.96 Å². The van der Waals surface area contributed by atoms with Gasteiger partial charge in [-0.15, -0.1) is 0 Å². The Kier molecular flexibility index (Phi) is 9.04. The molecule has 1 aromatic heterocycles. The Morgan fingerprint density at radius 3 is 2.52 bits per heavy atom. The first-order valence-corrected chi connectivity index (χ1v) is 9.45. The quantitative estimate of drug-likeness (QED) is 0.388. The van der Waals surface area contributed by atoms with Crippen LogP contribution in [-0.4, -0.2) is 32.8 Å². The number of hydrogen-bond donors (Lipinski definition) is 2. The first kappa shape index (κ1) is 19.4. The molecule has 0 bridgehead atoms. The first-order valence-electron chi connectivity index (χ1n) is 8.50. The van der Waals surface area contributed by atoms with E-state index in [2.05, 4.69) is 56.7 Å². The van der Waals surface area contributed by atoms with Gasteiger partial charge in [-0.2, -0.15) is 11.3 Å². The summed E-state index contributed by atoms with van der Waals surface area (Å²) in [6, 6.07) is 10.5. The normalized spacial score (nSPS) is 11.5. The van der Waals surface area contributed by atoms with Crippen molar-refractivity contribution < 1.29 is 9.47 Å². The molecule has 6 heteroatoms. The topological polar surface area (TPSA) is 54.9 Å². The maximum absolute atomic E-state index is 5.62. The molecule has 0 aliphatic heterocycles. The van der Waals surface area contributed by atoms with E-state index < -0.39 is 0 Å². The van der Waals surface area contributed by atoms with E-state index in [1.165, 1.54) is 11.1 Å². The molecule has 0 saturated carbocycles. The smallest absolute Gasteiger partial charge is 0.191 e. The molecule has 1 heterocycles. The number of guanidine groups is 1. The fourth-order valence-corrected chi connectivity index (χ4v) is 2.94. The molecular formula is C19H27N3O2S. The Labute approximate surface area is 154 Å². The van der Waals surface area contributed by atoms with Gasteiger partial charge in [-0.1, -0.05) is 24.3 Å². The summed E-state index contributed by atoms with van der Waals surface area (Å²) in [7, 11) is 1.78. The second-order valence-corrected chi connectivity index (χ2v) is 6.26. The number of thiophene rings is 1. The molecule has 0 saturated heterocycles. The summed E-state index contributed by atoms with van der Waals surface area (Å²) in [6.07, 6.45) is 0. The number of rotatable bonds is 10. The van der Waals surface area contributed by atoms with Gasteiger partial charge in [0, 0.05) is 26.7 Å². The number of aliphatic imine (C=N–C) groups is 1. The molecule has 2 N–H and O–H groups in total. The van der Waals surface area contributed by atoms with Gasteiger partial charge in [0.25, 0.3) is 0 Å². The molecule has 0 unspecified atom stereocenters. The Hall–Kier alpha value is -1.89. The standard InChI is InChI=1S/C19H27N3O2S/c1-3-23-8-9-24-14-17-6-4-5-16(11-17)12-21-19(20-2)22-13-18-7-10-25-15-18/h4-7,10-11,15H,3,8-9,12-14H2,1-2H3,(H2,20,21,22). The molecule has 0 fully saturated rings. The fraction of sp³-hybridized carbons (Fsp3) is 0.421. The predicted molar refractivity (Wildman–Crippen MR) is 104 cm³/mol. The largest absolute Gasteiger partial charge is 0.379 e. The second kappa shape index (κ2) is 11.6. The van der Waals surface area contributed by atoms with Gasteiger partial charge in [0.2, 0.25) is 0 Å². The Bertz CT molecular complexity index is 629. The van der Waals surface area contributed by atoms with Gasteiger partial charge in [0.1, 0.15) is 0 Å². The van der Waals surface area contributed by atoms with Crippen molar-refractivity contribution in [3.8, 4) is 0 Å². The number of ether oxygens (including phenoxy) is 2. The van der Waals surface area contributed by atoms with Crippen LogP contribution < -0.4 is 10.6 Å². The molecule has 5 nitrogen and oxygen atoms in total. The van der Waals surface area contributed by atoms with Gasteiger partial charge < -0.3 is 20.1 Å². The fourth-order valence-electron chi connectivity index (χ4n) is 2.27. The van der Waals surface area contributed by atoms with E-state index in [0.29, 0.717) is 19.8 Å². The molecule has 0 amide bonds. The van der Waals surface area contributed by atoms with E-state index in [0.717, 1.165) is 31.2 Å². The van der Waals surface area contributed by atoms with Crippen LogP contribution in [0.4, 0.5) is 0 Å². The minimum absolute atomic E-state index is 0.603. The molecule has 136 valence electrons. The van der Waals surface area contributed by atoms with Crippen molar-refractivity contribution in [1.82, 2.24) is 10.6 Å². The Morgan fingerprint density at radius 1 is 1.04 bits per heavy atom. The zero-order chi connectivity index (χ0) is 17.7. The number of nitrogens with zero attached hydrogens (tertiary/aromatic N) is 1. The van der Waals surface area contributed by atoms with E-state index in [-0.39, 0.29) is 0 Å². The summed E-state index contributed by atoms with van der Waals surface area (Å²) in [5.41, 5.74) is 3.63. The molecule has 0 radical (unpaired) electrons. The van der Waals surface area contributed by atoms with Crippen LogP contribution in [0, 0.1) is 0 Å². The van der Waals surface area contributed by atoms with Gasteiger partial charge in [-0.05, 0) is 40.4 Å². The van der Waals surface area contributed by atoms with Crippen molar-refractivity contribution in [3.63, 3.8) is 0 Å². The molecule has 0 aliphatic rings. The van der Waals surface area contributed by atoms with Crippen molar-refractivity contribution in [2.24, 2.45) is 4.99 Å². The van der Waals surface area contributed by atoms with E-state index in [9.17, 15) is 0 Å². The van der Waals surface area contributed by atoms with Crippen LogP contribution in [0.15, 0.2) is 46.1 Å². The highest BCUT2D eigenvalue weighted by atomic mass is 32.1. The molecule has 0 spiro atoms. The van der Waals surface area contributed by atoms with Crippen LogP contribution in [0.25, 0.3) is 0 Å². The average molecular weight is 362 g/mol. The van der Waals surface area contributed by atoms with Crippen molar-refractivity contribution in [2.75, 3.05) is 26.9 Å². The zero-order valence-electron chi connectivity index (χ0n) is 15.0. The summed E-state index contributed by atoms with van der Waals surface area (Å²) < 4.78 is 10.9. The highest BCUT2D eigenvalue weighted by Gasteiger charge is 2.01. The van der Waals surface area contributed by atoms with Gasteiger partial charge in [-0.3, -0.25) is 4.99 Å². The van der Waals surface area contributed by atoms with Crippen LogP contribution in [0.1, 0.15) is 23.6 Å². The SMILES string of the molecule is CCOCCOCc1cccc(CNC(=NC)NCc2ccsc2)c1. The third kappa shape index (κ3) is 7.69. The third-order valence-corrected chi connectivity index (χ3v) is 4.29. The Morgan fingerprint density at radius 2 is 1.80 bits per heavy atom. The molecule has 2 rings (SSSR count). The van der Waals surface area contributed by atoms with E-state index in [1.54, 1.807) is 18.4 Å². The molecule has 25 heavy (non-hydrogen) atoms. The van der Waals surface area contributed by atoms with Crippen LogP contribution in [0.2, 0.25) is 0 Å². The van der Waals surface area contributed by atoms with Gasteiger partial charge in [0.05, 0.1) is 19.8 Å². The van der Waals surface area contributed by atoms with Crippen molar-refractivity contribution in [3.05, 3.63) is 57.8 Å². The van der Waals surface area contributed by atoms with Crippen LogP contribution in [0.3, 0.4) is 0 Å². The second-order valence-electron chi connectivity index (χ2n) is 5.48. The average Bonchev–Trinajstić information content (AvgIpc) is 3.16. The van der Waals surface area contributed by atoms with Gasteiger partial charge >= 0.3 is 0 Å². The maximum Gasteiger partial charge on any atom is 0.191 e. The lowest BCUT2D eigenvalue weighted by molar-refractivity contribution is 0.0453. The van der Waals surface area contributed by atoms with Crippen LogP contribution >= 0.6 is 11.3 Å². The predicted octanol–water partition coefficient (Wildman–Crippen LogP) is 3.17. The minimum atomic E-state index is 0.603. The molecule has 0 atom stereocenters.